The minimum atomic E-state index is -0.255. The molecule has 2 heteroatoms. The van der Waals surface area contributed by atoms with Crippen molar-refractivity contribution >= 4 is 5.91 Å². The average molecular weight is 219 g/mol. The molecule has 0 saturated carbocycles. The standard InChI is InChI=1S/C14H21NO/c1-9(2)11-6-5-7-12(10(3)4)13(11)8-14(15)16/h5-7,9-10H,8H2,1-4H3,(H2,15,16). The number of primary amides is 1. The van der Waals surface area contributed by atoms with Gasteiger partial charge in [0.15, 0.2) is 0 Å². The normalized spacial score (nSPS) is 11.1. The fourth-order valence-corrected chi connectivity index (χ4v) is 2.08. The Morgan fingerprint density at radius 1 is 1.12 bits per heavy atom. The van der Waals surface area contributed by atoms with Crippen molar-refractivity contribution < 1.29 is 4.79 Å². The fraction of sp³-hybridized carbons (Fsp3) is 0.500. The minimum Gasteiger partial charge on any atom is -0.369 e. The number of rotatable bonds is 4. The lowest BCUT2D eigenvalue weighted by atomic mass is 9.87. The van der Waals surface area contributed by atoms with Crippen molar-refractivity contribution in [3.8, 4) is 0 Å². The molecule has 1 rings (SSSR count). The smallest absolute Gasteiger partial charge is 0.221 e. The van der Waals surface area contributed by atoms with Gasteiger partial charge < -0.3 is 5.73 Å². The molecule has 0 bridgehead atoms. The maximum atomic E-state index is 11.1. The van der Waals surface area contributed by atoms with Crippen LogP contribution in [0.1, 0.15) is 56.2 Å². The quantitative estimate of drug-likeness (QED) is 0.831. The van der Waals surface area contributed by atoms with E-state index in [1.54, 1.807) is 0 Å². The molecule has 0 spiro atoms. The van der Waals surface area contributed by atoms with Gasteiger partial charge in [0.25, 0.3) is 0 Å². The highest BCUT2D eigenvalue weighted by Crippen LogP contribution is 2.27. The molecule has 1 amide bonds. The summed E-state index contributed by atoms with van der Waals surface area (Å²) in [6, 6.07) is 6.25. The number of carbonyl (C=O) groups excluding carboxylic acids is 1. The molecule has 16 heavy (non-hydrogen) atoms. The highest BCUT2D eigenvalue weighted by molar-refractivity contribution is 5.77. The van der Waals surface area contributed by atoms with Crippen molar-refractivity contribution in [1.82, 2.24) is 0 Å². The SMILES string of the molecule is CC(C)c1cccc(C(C)C)c1CC(N)=O. The summed E-state index contributed by atoms with van der Waals surface area (Å²) in [6.07, 6.45) is 0.349. The average Bonchev–Trinajstić information content (AvgIpc) is 2.16. The Kier molecular flexibility index (Phi) is 4.11. The molecule has 0 aliphatic rings. The van der Waals surface area contributed by atoms with Crippen LogP contribution in [0, 0.1) is 0 Å². The second kappa shape index (κ2) is 5.15. The molecule has 0 aromatic heterocycles. The molecule has 0 radical (unpaired) electrons. The van der Waals surface area contributed by atoms with Crippen LogP contribution in [0.15, 0.2) is 18.2 Å². The van der Waals surface area contributed by atoms with Gasteiger partial charge in [-0.05, 0) is 28.5 Å². The lowest BCUT2D eigenvalue weighted by Gasteiger charge is -2.18. The molecule has 2 nitrogen and oxygen atoms in total. The molecule has 88 valence electrons. The van der Waals surface area contributed by atoms with E-state index in [0.29, 0.717) is 18.3 Å². The maximum absolute atomic E-state index is 11.1. The second-order valence-corrected chi connectivity index (χ2v) is 4.87. The van der Waals surface area contributed by atoms with Crippen LogP contribution in [-0.2, 0) is 11.2 Å². The van der Waals surface area contributed by atoms with Crippen molar-refractivity contribution in [2.75, 3.05) is 0 Å². The van der Waals surface area contributed by atoms with Crippen molar-refractivity contribution in [2.24, 2.45) is 5.73 Å². The molecule has 0 unspecified atom stereocenters. The van der Waals surface area contributed by atoms with Crippen LogP contribution >= 0.6 is 0 Å². The van der Waals surface area contributed by atoms with Gasteiger partial charge in [-0.25, -0.2) is 0 Å². The first-order valence-corrected chi connectivity index (χ1v) is 5.83. The van der Waals surface area contributed by atoms with Crippen molar-refractivity contribution in [3.63, 3.8) is 0 Å². The summed E-state index contributed by atoms with van der Waals surface area (Å²) >= 11 is 0. The van der Waals surface area contributed by atoms with Crippen molar-refractivity contribution in [1.29, 1.82) is 0 Å². The first kappa shape index (κ1) is 12.8. The Hall–Kier alpha value is -1.31. The summed E-state index contributed by atoms with van der Waals surface area (Å²) in [4.78, 5) is 11.1. The van der Waals surface area contributed by atoms with Gasteiger partial charge in [-0.3, -0.25) is 4.79 Å². The Labute approximate surface area is 97.9 Å². The molecule has 0 aliphatic carbocycles. The van der Waals surface area contributed by atoms with Crippen molar-refractivity contribution in [3.05, 3.63) is 34.9 Å². The van der Waals surface area contributed by atoms with E-state index in [4.69, 9.17) is 5.73 Å². The zero-order valence-corrected chi connectivity index (χ0v) is 10.6. The summed E-state index contributed by atoms with van der Waals surface area (Å²) in [5.41, 5.74) is 8.93. The first-order valence-electron chi connectivity index (χ1n) is 5.83. The molecular weight excluding hydrogens is 198 g/mol. The van der Waals surface area contributed by atoms with E-state index in [1.807, 2.05) is 0 Å². The minimum absolute atomic E-state index is 0.255. The number of benzene rings is 1. The molecule has 0 heterocycles. The van der Waals surface area contributed by atoms with Crippen LogP contribution < -0.4 is 5.73 Å². The van der Waals surface area contributed by atoms with Crippen LogP contribution in [0.25, 0.3) is 0 Å². The predicted octanol–water partition coefficient (Wildman–Crippen LogP) is 2.96. The van der Waals surface area contributed by atoms with Gasteiger partial charge in [0.2, 0.25) is 5.91 Å². The Morgan fingerprint density at radius 3 is 1.88 bits per heavy atom. The zero-order valence-electron chi connectivity index (χ0n) is 10.6. The van der Waals surface area contributed by atoms with Crippen LogP contribution in [0.4, 0.5) is 0 Å². The van der Waals surface area contributed by atoms with E-state index in [9.17, 15) is 4.79 Å². The first-order chi connectivity index (χ1) is 7.43. The molecule has 1 aromatic carbocycles. The summed E-state index contributed by atoms with van der Waals surface area (Å²) < 4.78 is 0. The van der Waals surface area contributed by atoms with Gasteiger partial charge in [-0.15, -0.1) is 0 Å². The summed E-state index contributed by atoms with van der Waals surface area (Å²) in [5.74, 6) is 0.594. The highest BCUT2D eigenvalue weighted by Gasteiger charge is 2.14. The topological polar surface area (TPSA) is 43.1 Å². The van der Waals surface area contributed by atoms with Crippen LogP contribution in [-0.4, -0.2) is 5.91 Å². The number of carbonyl (C=O) groups is 1. The van der Waals surface area contributed by atoms with E-state index in [0.717, 1.165) is 5.56 Å². The third-order valence-corrected chi connectivity index (χ3v) is 2.84. The third kappa shape index (κ3) is 2.84. The Morgan fingerprint density at radius 2 is 1.56 bits per heavy atom. The molecule has 0 saturated heterocycles. The molecule has 1 aromatic rings. The highest BCUT2D eigenvalue weighted by atomic mass is 16.1. The van der Waals surface area contributed by atoms with Crippen LogP contribution in [0.3, 0.4) is 0 Å². The molecule has 0 aliphatic heterocycles. The summed E-state index contributed by atoms with van der Waals surface area (Å²) in [7, 11) is 0. The van der Waals surface area contributed by atoms with Crippen LogP contribution in [0.2, 0.25) is 0 Å². The van der Waals surface area contributed by atoms with E-state index in [-0.39, 0.29) is 5.91 Å². The van der Waals surface area contributed by atoms with Gasteiger partial charge in [0.05, 0.1) is 6.42 Å². The summed E-state index contributed by atoms with van der Waals surface area (Å²) in [6.45, 7) is 8.57. The largest absolute Gasteiger partial charge is 0.369 e. The van der Waals surface area contributed by atoms with E-state index < -0.39 is 0 Å². The van der Waals surface area contributed by atoms with E-state index in [1.165, 1.54) is 11.1 Å². The number of nitrogens with two attached hydrogens (primary N) is 1. The number of amides is 1. The molecular formula is C14H21NO. The lowest BCUT2D eigenvalue weighted by molar-refractivity contribution is -0.117. The maximum Gasteiger partial charge on any atom is 0.221 e. The Bertz CT molecular complexity index is 354. The van der Waals surface area contributed by atoms with Gasteiger partial charge in [-0.1, -0.05) is 45.9 Å². The molecule has 2 N–H and O–H groups in total. The van der Waals surface area contributed by atoms with E-state index in [2.05, 4.69) is 45.9 Å². The predicted molar refractivity (Wildman–Crippen MR) is 67.5 cm³/mol. The Balaban J connectivity index is 3.28. The number of hydrogen-bond acceptors (Lipinski definition) is 1. The molecule has 0 fully saturated rings. The van der Waals surface area contributed by atoms with Crippen LogP contribution in [0.5, 0.6) is 0 Å². The third-order valence-electron chi connectivity index (χ3n) is 2.84. The van der Waals surface area contributed by atoms with Gasteiger partial charge in [-0.2, -0.15) is 0 Å². The summed E-state index contributed by atoms with van der Waals surface area (Å²) in [5, 5.41) is 0. The molecule has 0 atom stereocenters. The van der Waals surface area contributed by atoms with Gasteiger partial charge in [0.1, 0.15) is 0 Å². The van der Waals surface area contributed by atoms with E-state index >= 15 is 0 Å². The van der Waals surface area contributed by atoms with Gasteiger partial charge in [0, 0.05) is 0 Å². The second-order valence-electron chi connectivity index (χ2n) is 4.87. The lowest BCUT2D eigenvalue weighted by Crippen LogP contribution is -2.17. The fourth-order valence-electron chi connectivity index (χ4n) is 2.08. The van der Waals surface area contributed by atoms with Gasteiger partial charge >= 0.3 is 0 Å². The number of hydrogen-bond donors (Lipinski definition) is 1. The monoisotopic (exact) mass is 219 g/mol. The zero-order chi connectivity index (χ0) is 12.3. The van der Waals surface area contributed by atoms with Crippen molar-refractivity contribution in [2.45, 2.75) is 46.0 Å².